The summed E-state index contributed by atoms with van der Waals surface area (Å²) in [6.07, 6.45) is 0.0479. The number of anilines is 1. The maximum Gasteiger partial charge on any atom is 0.305 e. The molecule has 1 unspecified atom stereocenters. The third-order valence-corrected chi connectivity index (χ3v) is 4.70. The number of piperazine rings is 1. The molecule has 5 nitrogen and oxygen atoms in total. The van der Waals surface area contributed by atoms with Gasteiger partial charge in [0.15, 0.2) is 0 Å². The first-order valence-corrected chi connectivity index (χ1v) is 8.50. The van der Waals surface area contributed by atoms with E-state index in [2.05, 4.69) is 4.90 Å². The standard InChI is InChI=1S/C20H24N2O3/c1-20(25)15-21(13-16-8-4-2-5-9-16)18(12-19(23)24)14-22(20)17-10-6-3-7-11-17/h2-11,18,25H,12-15H2,1H3,(H,23,24)/t18-,20?/m0/s1. The molecule has 0 bridgehead atoms. The summed E-state index contributed by atoms with van der Waals surface area (Å²) in [6.45, 7) is 3.26. The van der Waals surface area contributed by atoms with Crippen LogP contribution in [0.4, 0.5) is 5.69 Å². The van der Waals surface area contributed by atoms with Crippen LogP contribution in [0.1, 0.15) is 18.9 Å². The molecule has 0 spiro atoms. The number of aliphatic carboxylic acids is 1. The second-order valence-corrected chi connectivity index (χ2v) is 6.81. The van der Waals surface area contributed by atoms with Crippen molar-refractivity contribution in [3.63, 3.8) is 0 Å². The molecule has 1 heterocycles. The fourth-order valence-electron chi connectivity index (χ4n) is 3.51. The summed E-state index contributed by atoms with van der Waals surface area (Å²) in [6, 6.07) is 19.4. The van der Waals surface area contributed by atoms with Crippen molar-refractivity contribution in [2.45, 2.75) is 31.7 Å². The highest BCUT2D eigenvalue weighted by atomic mass is 16.4. The van der Waals surface area contributed by atoms with Crippen molar-refractivity contribution in [1.82, 2.24) is 4.90 Å². The zero-order chi connectivity index (χ0) is 17.9. The molecule has 25 heavy (non-hydrogen) atoms. The van der Waals surface area contributed by atoms with Crippen molar-refractivity contribution in [3.05, 3.63) is 66.2 Å². The van der Waals surface area contributed by atoms with Gasteiger partial charge in [-0.25, -0.2) is 0 Å². The van der Waals surface area contributed by atoms with Crippen LogP contribution in [0.15, 0.2) is 60.7 Å². The van der Waals surface area contributed by atoms with E-state index in [0.29, 0.717) is 19.6 Å². The number of carboxylic acids is 1. The lowest BCUT2D eigenvalue weighted by Crippen LogP contribution is -2.65. The summed E-state index contributed by atoms with van der Waals surface area (Å²) >= 11 is 0. The molecule has 1 saturated heterocycles. The average Bonchev–Trinajstić information content (AvgIpc) is 2.58. The van der Waals surface area contributed by atoms with Crippen molar-refractivity contribution >= 4 is 11.7 Å². The van der Waals surface area contributed by atoms with E-state index < -0.39 is 11.7 Å². The molecule has 1 fully saturated rings. The van der Waals surface area contributed by atoms with E-state index in [1.165, 1.54) is 0 Å². The molecule has 5 heteroatoms. The Bertz CT molecular complexity index is 703. The van der Waals surface area contributed by atoms with Crippen molar-refractivity contribution in [2.75, 3.05) is 18.0 Å². The molecule has 0 saturated carbocycles. The number of para-hydroxylation sites is 1. The van der Waals surface area contributed by atoms with E-state index in [9.17, 15) is 15.0 Å². The maximum absolute atomic E-state index is 11.4. The normalized spacial score (nSPS) is 24.2. The second-order valence-electron chi connectivity index (χ2n) is 6.81. The molecule has 1 aliphatic rings. The number of β-amino-alcohol motifs (C(OH)–C–C–N with tert-alkyl or cyclic N) is 1. The van der Waals surface area contributed by atoms with E-state index >= 15 is 0 Å². The molecule has 0 radical (unpaired) electrons. The summed E-state index contributed by atoms with van der Waals surface area (Å²) in [7, 11) is 0. The molecule has 2 aromatic carbocycles. The van der Waals surface area contributed by atoms with Gasteiger partial charge in [0.2, 0.25) is 0 Å². The van der Waals surface area contributed by atoms with Crippen LogP contribution in [0.2, 0.25) is 0 Å². The van der Waals surface area contributed by atoms with E-state index in [-0.39, 0.29) is 12.5 Å². The first kappa shape index (κ1) is 17.5. The number of carbonyl (C=O) groups is 1. The predicted molar refractivity (Wildman–Crippen MR) is 97.3 cm³/mol. The number of carboxylic acid groups (broad SMARTS) is 1. The molecule has 1 aliphatic heterocycles. The Kier molecular flexibility index (Phi) is 5.06. The van der Waals surface area contributed by atoms with Crippen molar-refractivity contribution in [2.24, 2.45) is 0 Å². The fourth-order valence-corrected chi connectivity index (χ4v) is 3.51. The zero-order valence-electron chi connectivity index (χ0n) is 14.4. The third kappa shape index (κ3) is 4.18. The Balaban J connectivity index is 1.85. The number of aliphatic hydroxyl groups is 1. The number of nitrogens with zero attached hydrogens (tertiary/aromatic N) is 2. The largest absolute Gasteiger partial charge is 0.481 e. The topological polar surface area (TPSA) is 64.0 Å². The van der Waals surface area contributed by atoms with Gasteiger partial charge in [0.1, 0.15) is 5.72 Å². The molecule has 2 atom stereocenters. The Labute approximate surface area is 148 Å². The van der Waals surface area contributed by atoms with E-state index in [0.717, 1.165) is 11.3 Å². The van der Waals surface area contributed by atoms with Gasteiger partial charge in [0.25, 0.3) is 0 Å². The lowest BCUT2D eigenvalue weighted by Gasteiger charge is -2.50. The zero-order valence-corrected chi connectivity index (χ0v) is 14.4. The Morgan fingerprint density at radius 2 is 1.72 bits per heavy atom. The van der Waals surface area contributed by atoms with Gasteiger partial charge in [0.05, 0.1) is 6.42 Å². The van der Waals surface area contributed by atoms with Crippen LogP contribution in [0.3, 0.4) is 0 Å². The maximum atomic E-state index is 11.4. The number of hydrogen-bond acceptors (Lipinski definition) is 4. The fraction of sp³-hybridized carbons (Fsp3) is 0.350. The van der Waals surface area contributed by atoms with Crippen molar-refractivity contribution in [1.29, 1.82) is 0 Å². The van der Waals surface area contributed by atoms with Crippen LogP contribution in [0, 0.1) is 0 Å². The van der Waals surface area contributed by atoms with Gasteiger partial charge < -0.3 is 15.1 Å². The first-order chi connectivity index (χ1) is 12.0. The summed E-state index contributed by atoms with van der Waals surface area (Å²) in [4.78, 5) is 15.3. The smallest absolute Gasteiger partial charge is 0.305 e. The predicted octanol–water partition coefficient (Wildman–Crippen LogP) is 2.56. The van der Waals surface area contributed by atoms with Crippen LogP contribution < -0.4 is 4.90 Å². The minimum atomic E-state index is -1.06. The minimum Gasteiger partial charge on any atom is -0.481 e. The third-order valence-electron chi connectivity index (χ3n) is 4.70. The Morgan fingerprint density at radius 1 is 1.12 bits per heavy atom. The van der Waals surface area contributed by atoms with Gasteiger partial charge in [-0.2, -0.15) is 0 Å². The molecule has 132 valence electrons. The van der Waals surface area contributed by atoms with Gasteiger partial charge in [-0.15, -0.1) is 0 Å². The lowest BCUT2D eigenvalue weighted by atomic mass is 9.99. The SMILES string of the molecule is CC1(O)CN(Cc2ccccc2)[C@@H](CC(=O)O)CN1c1ccccc1. The molecule has 3 rings (SSSR count). The van der Waals surface area contributed by atoms with E-state index in [1.807, 2.05) is 65.6 Å². The highest BCUT2D eigenvalue weighted by Crippen LogP contribution is 2.30. The molecule has 0 amide bonds. The quantitative estimate of drug-likeness (QED) is 0.876. The summed E-state index contributed by atoms with van der Waals surface area (Å²) < 4.78 is 0. The number of benzene rings is 2. The molecule has 0 aromatic heterocycles. The lowest BCUT2D eigenvalue weighted by molar-refractivity contribution is -0.139. The molecule has 2 aromatic rings. The van der Waals surface area contributed by atoms with Gasteiger partial charge in [0, 0.05) is 31.4 Å². The number of rotatable bonds is 5. The first-order valence-electron chi connectivity index (χ1n) is 8.50. The van der Waals surface area contributed by atoms with Crippen LogP contribution in [0.5, 0.6) is 0 Å². The van der Waals surface area contributed by atoms with E-state index in [1.54, 1.807) is 6.92 Å². The second kappa shape index (κ2) is 7.25. The van der Waals surface area contributed by atoms with Gasteiger partial charge in [-0.1, -0.05) is 48.5 Å². The summed E-state index contributed by atoms with van der Waals surface area (Å²) in [5.41, 5.74) is 0.953. The molecule has 0 aliphatic carbocycles. The molecule has 2 N–H and O–H groups in total. The average molecular weight is 340 g/mol. The Hall–Kier alpha value is -2.37. The minimum absolute atomic E-state index is 0.0479. The van der Waals surface area contributed by atoms with Crippen LogP contribution in [0.25, 0.3) is 0 Å². The van der Waals surface area contributed by atoms with Crippen LogP contribution in [-0.2, 0) is 11.3 Å². The van der Waals surface area contributed by atoms with Crippen molar-refractivity contribution in [3.8, 4) is 0 Å². The highest BCUT2D eigenvalue weighted by Gasteiger charge is 2.41. The molecular formula is C20H24N2O3. The van der Waals surface area contributed by atoms with Crippen LogP contribution >= 0.6 is 0 Å². The van der Waals surface area contributed by atoms with Gasteiger partial charge in [-0.3, -0.25) is 9.69 Å². The summed E-state index contributed by atoms with van der Waals surface area (Å²) in [5, 5.41) is 20.4. The summed E-state index contributed by atoms with van der Waals surface area (Å²) in [5.74, 6) is -0.822. The Morgan fingerprint density at radius 3 is 2.32 bits per heavy atom. The van der Waals surface area contributed by atoms with Gasteiger partial charge >= 0.3 is 5.97 Å². The highest BCUT2D eigenvalue weighted by molar-refractivity contribution is 5.68. The molecular weight excluding hydrogens is 316 g/mol. The van der Waals surface area contributed by atoms with E-state index in [4.69, 9.17) is 0 Å². The van der Waals surface area contributed by atoms with Crippen LogP contribution in [-0.4, -0.2) is 45.9 Å². The van der Waals surface area contributed by atoms with Crippen molar-refractivity contribution < 1.29 is 15.0 Å². The number of hydrogen-bond donors (Lipinski definition) is 2. The van der Waals surface area contributed by atoms with Gasteiger partial charge in [-0.05, 0) is 24.6 Å². The monoisotopic (exact) mass is 340 g/mol.